The number of hydrogen-bond donors (Lipinski definition) is 2. The van der Waals surface area contributed by atoms with Crippen LogP contribution in [0.3, 0.4) is 0 Å². The van der Waals surface area contributed by atoms with Gasteiger partial charge in [0.05, 0.1) is 22.4 Å². The molecule has 0 spiro atoms. The summed E-state index contributed by atoms with van der Waals surface area (Å²) < 4.78 is 29.3. The maximum absolute atomic E-state index is 14.1. The Bertz CT molecular complexity index is 1060. The van der Waals surface area contributed by atoms with E-state index in [4.69, 9.17) is 0 Å². The predicted molar refractivity (Wildman–Crippen MR) is 112 cm³/mol. The van der Waals surface area contributed by atoms with Gasteiger partial charge in [0.15, 0.2) is 0 Å². The Hall–Kier alpha value is -2.53. The quantitative estimate of drug-likeness (QED) is 0.624. The van der Waals surface area contributed by atoms with Crippen molar-refractivity contribution in [3.05, 3.63) is 45.2 Å². The number of hydrogen-bond acceptors (Lipinski definition) is 4. The Labute approximate surface area is 185 Å². The number of amides is 3. The zero-order chi connectivity index (χ0) is 22.4. The van der Waals surface area contributed by atoms with Crippen LogP contribution in [0.2, 0.25) is 0 Å². The van der Waals surface area contributed by atoms with Gasteiger partial charge in [-0.25, -0.2) is 13.6 Å². The first kappa shape index (κ1) is 21.7. The van der Waals surface area contributed by atoms with Crippen LogP contribution in [0.4, 0.5) is 19.3 Å². The zero-order valence-corrected chi connectivity index (χ0v) is 18.6. The second-order valence-electron chi connectivity index (χ2n) is 8.05. The first-order chi connectivity index (χ1) is 14.7. The highest BCUT2D eigenvalue weighted by Crippen LogP contribution is 2.30. The summed E-state index contributed by atoms with van der Waals surface area (Å²) in [5.74, 6) is -2.00. The maximum Gasteiger partial charge on any atom is 0.322 e. The Morgan fingerprint density at radius 3 is 2.77 bits per heavy atom. The number of benzene rings is 1. The fourth-order valence-corrected chi connectivity index (χ4v) is 4.46. The van der Waals surface area contributed by atoms with Gasteiger partial charge in [-0.2, -0.15) is 5.10 Å². The van der Waals surface area contributed by atoms with Crippen molar-refractivity contribution in [3.8, 4) is 0 Å². The topological polar surface area (TPSA) is 90.7 Å². The standard InChI is InChI=1S/C20H22BrF2N5O3/c1-10-3-16-12(18-19(30)26(2)6-11(9-29)7-28(18)25-16)8-27(10)20(31)24-17-4-13(21)14(22)5-15(17)23/h4-5,10-11,29H,3,6-9H2,1-2H3,(H,24,31)/t10-,11-/m1/s1. The van der Waals surface area contributed by atoms with Gasteiger partial charge in [0.25, 0.3) is 5.91 Å². The molecule has 2 atom stereocenters. The van der Waals surface area contributed by atoms with E-state index in [9.17, 15) is 23.5 Å². The van der Waals surface area contributed by atoms with E-state index in [0.717, 1.165) is 5.69 Å². The number of urea groups is 1. The molecule has 1 aromatic carbocycles. The predicted octanol–water partition coefficient (Wildman–Crippen LogP) is 2.60. The number of rotatable bonds is 2. The van der Waals surface area contributed by atoms with Crippen LogP contribution in [0.15, 0.2) is 16.6 Å². The lowest BCUT2D eigenvalue weighted by Gasteiger charge is -2.33. The second kappa shape index (κ2) is 8.19. The highest BCUT2D eigenvalue weighted by Gasteiger charge is 2.37. The van der Waals surface area contributed by atoms with Crippen molar-refractivity contribution in [2.75, 3.05) is 25.5 Å². The molecule has 1 aromatic heterocycles. The van der Waals surface area contributed by atoms with Crippen molar-refractivity contribution in [1.82, 2.24) is 19.6 Å². The average Bonchev–Trinajstić information content (AvgIpc) is 3.00. The number of fused-ring (bicyclic) bond motifs is 3. The number of aliphatic hydroxyl groups excluding tert-OH is 1. The number of carbonyl (C=O) groups excluding carboxylic acids is 2. The minimum Gasteiger partial charge on any atom is -0.396 e. The molecule has 166 valence electrons. The number of carbonyl (C=O) groups is 2. The fourth-order valence-electron chi connectivity index (χ4n) is 4.11. The highest BCUT2D eigenvalue weighted by atomic mass is 79.9. The van der Waals surface area contributed by atoms with Crippen LogP contribution < -0.4 is 5.32 Å². The summed E-state index contributed by atoms with van der Waals surface area (Å²) in [7, 11) is 1.67. The Balaban J connectivity index is 1.63. The van der Waals surface area contributed by atoms with Gasteiger partial charge in [-0.15, -0.1) is 0 Å². The molecule has 3 heterocycles. The molecule has 0 fully saturated rings. The molecule has 2 N–H and O–H groups in total. The number of nitrogens with one attached hydrogen (secondary N) is 1. The van der Waals surface area contributed by atoms with Crippen LogP contribution >= 0.6 is 15.9 Å². The highest BCUT2D eigenvalue weighted by molar-refractivity contribution is 9.10. The number of halogens is 3. The van der Waals surface area contributed by atoms with E-state index in [1.807, 2.05) is 6.92 Å². The summed E-state index contributed by atoms with van der Waals surface area (Å²) in [6.07, 6.45) is 0.430. The molecule has 2 aromatic rings. The third-order valence-corrected chi connectivity index (χ3v) is 6.37. The van der Waals surface area contributed by atoms with E-state index in [1.54, 1.807) is 16.6 Å². The molecule has 0 bridgehead atoms. The molecule has 0 saturated carbocycles. The minimum absolute atomic E-state index is 0.0344. The van der Waals surface area contributed by atoms with Crippen molar-refractivity contribution in [1.29, 1.82) is 0 Å². The summed E-state index contributed by atoms with van der Waals surface area (Å²) in [6.45, 7) is 2.72. The number of nitrogens with zero attached hydrogens (tertiary/aromatic N) is 4. The summed E-state index contributed by atoms with van der Waals surface area (Å²) >= 11 is 2.99. The lowest BCUT2D eigenvalue weighted by atomic mass is 9.99. The molecule has 0 saturated heterocycles. The molecule has 0 unspecified atom stereocenters. The largest absolute Gasteiger partial charge is 0.396 e. The molecule has 2 aliphatic rings. The molecule has 0 aliphatic carbocycles. The van der Waals surface area contributed by atoms with Crippen molar-refractivity contribution in [2.24, 2.45) is 5.92 Å². The van der Waals surface area contributed by atoms with E-state index in [1.165, 1.54) is 11.0 Å². The van der Waals surface area contributed by atoms with Gasteiger partial charge in [0.1, 0.15) is 17.3 Å². The van der Waals surface area contributed by atoms with Gasteiger partial charge < -0.3 is 20.2 Å². The van der Waals surface area contributed by atoms with E-state index in [2.05, 4.69) is 26.3 Å². The Morgan fingerprint density at radius 1 is 1.32 bits per heavy atom. The van der Waals surface area contributed by atoms with Crippen molar-refractivity contribution < 1.29 is 23.5 Å². The molecule has 3 amide bonds. The number of aromatic nitrogens is 2. The van der Waals surface area contributed by atoms with E-state index >= 15 is 0 Å². The molecule has 31 heavy (non-hydrogen) atoms. The zero-order valence-electron chi connectivity index (χ0n) is 17.0. The SMILES string of the molecule is C[C@@H]1Cc2nn3c(c2CN1C(=O)Nc1cc(Br)c(F)cc1F)C(=O)N(C)C[C@@H](CO)C3. The molecule has 0 radical (unpaired) electrons. The lowest BCUT2D eigenvalue weighted by Crippen LogP contribution is -2.45. The van der Waals surface area contributed by atoms with Gasteiger partial charge in [0.2, 0.25) is 0 Å². The van der Waals surface area contributed by atoms with Crippen LogP contribution in [0.1, 0.15) is 28.7 Å². The van der Waals surface area contributed by atoms with Gasteiger partial charge in [0, 0.05) is 56.8 Å². The number of anilines is 1. The molecule has 8 nitrogen and oxygen atoms in total. The summed E-state index contributed by atoms with van der Waals surface area (Å²) in [4.78, 5) is 28.9. The lowest BCUT2D eigenvalue weighted by molar-refractivity contribution is 0.0761. The average molecular weight is 498 g/mol. The molecular formula is C20H22BrF2N5O3. The van der Waals surface area contributed by atoms with Crippen molar-refractivity contribution in [2.45, 2.75) is 32.5 Å². The van der Waals surface area contributed by atoms with Crippen LogP contribution in [-0.2, 0) is 19.5 Å². The van der Waals surface area contributed by atoms with E-state index < -0.39 is 17.7 Å². The summed E-state index contributed by atoms with van der Waals surface area (Å²) in [5, 5.41) is 16.7. The summed E-state index contributed by atoms with van der Waals surface area (Å²) in [5.41, 5.74) is 1.66. The van der Waals surface area contributed by atoms with Crippen LogP contribution in [-0.4, -0.2) is 62.9 Å². The third-order valence-electron chi connectivity index (χ3n) is 5.77. The molecule has 11 heteroatoms. The first-order valence-corrected chi connectivity index (χ1v) is 10.7. The van der Waals surface area contributed by atoms with E-state index in [-0.39, 0.29) is 41.2 Å². The van der Waals surface area contributed by atoms with Gasteiger partial charge in [-0.1, -0.05) is 0 Å². The monoisotopic (exact) mass is 497 g/mol. The normalized spacial score (nSPS) is 20.9. The van der Waals surface area contributed by atoms with Crippen LogP contribution in [0.5, 0.6) is 0 Å². The Morgan fingerprint density at radius 2 is 2.06 bits per heavy atom. The van der Waals surface area contributed by atoms with Gasteiger partial charge in [-0.3, -0.25) is 9.48 Å². The van der Waals surface area contributed by atoms with Crippen molar-refractivity contribution >= 4 is 33.6 Å². The van der Waals surface area contributed by atoms with Crippen LogP contribution in [0.25, 0.3) is 0 Å². The molecular weight excluding hydrogens is 476 g/mol. The Kier molecular flexibility index (Phi) is 5.73. The fraction of sp³-hybridized carbons (Fsp3) is 0.450. The third kappa shape index (κ3) is 3.91. The molecule has 2 aliphatic heterocycles. The first-order valence-electron chi connectivity index (χ1n) is 9.86. The van der Waals surface area contributed by atoms with E-state index in [0.29, 0.717) is 36.8 Å². The minimum atomic E-state index is -0.884. The summed E-state index contributed by atoms with van der Waals surface area (Å²) in [6, 6.07) is 1.06. The second-order valence-corrected chi connectivity index (χ2v) is 8.90. The maximum atomic E-state index is 14.1. The van der Waals surface area contributed by atoms with Crippen LogP contribution in [0, 0.1) is 17.6 Å². The van der Waals surface area contributed by atoms with Crippen molar-refractivity contribution in [3.63, 3.8) is 0 Å². The van der Waals surface area contributed by atoms with Gasteiger partial charge in [-0.05, 0) is 28.9 Å². The number of aliphatic hydroxyl groups is 1. The smallest absolute Gasteiger partial charge is 0.322 e. The molecule has 4 rings (SSSR count). The van der Waals surface area contributed by atoms with Gasteiger partial charge >= 0.3 is 6.03 Å².